The van der Waals surface area contributed by atoms with Crippen molar-refractivity contribution in [2.75, 3.05) is 6.61 Å². The highest BCUT2D eigenvalue weighted by atomic mass is 79.9. The van der Waals surface area contributed by atoms with E-state index in [2.05, 4.69) is 26.1 Å². The molecule has 1 aromatic heterocycles. The number of aromatic nitrogens is 2. The monoisotopic (exact) mass is 297 g/mol. The van der Waals surface area contributed by atoms with Crippen LogP contribution in [0.1, 0.15) is 18.4 Å². The normalized spacial score (nSPS) is 12.6. The highest BCUT2D eigenvalue weighted by Crippen LogP contribution is 2.21. The van der Waals surface area contributed by atoms with E-state index in [1.165, 1.54) is 0 Å². The van der Waals surface area contributed by atoms with Gasteiger partial charge in [0.2, 0.25) is 11.7 Å². The molecule has 1 heterocycles. The summed E-state index contributed by atoms with van der Waals surface area (Å²) in [6.45, 7) is -0.00281. The molecule has 2 aromatic rings. The minimum atomic E-state index is -0.420. The van der Waals surface area contributed by atoms with Crippen molar-refractivity contribution in [1.29, 1.82) is 0 Å². The van der Waals surface area contributed by atoms with E-state index in [0.29, 0.717) is 18.1 Å². The van der Waals surface area contributed by atoms with Crippen LogP contribution in [0.5, 0.6) is 0 Å². The number of hydrogen-bond donors (Lipinski definition) is 2. The fourth-order valence-electron chi connectivity index (χ4n) is 1.36. The van der Waals surface area contributed by atoms with Crippen molar-refractivity contribution in [2.24, 2.45) is 5.73 Å². The molecule has 1 unspecified atom stereocenters. The Morgan fingerprint density at radius 1 is 1.35 bits per heavy atom. The molecular formula is C11H12BrN3O2. The predicted molar refractivity (Wildman–Crippen MR) is 66.1 cm³/mol. The molecule has 0 radical (unpaired) electrons. The number of nitrogens with two attached hydrogens (primary N) is 1. The topological polar surface area (TPSA) is 85.2 Å². The predicted octanol–water partition coefficient (Wildman–Crippen LogP) is 1.88. The van der Waals surface area contributed by atoms with Gasteiger partial charge in [-0.25, -0.2) is 0 Å². The zero-order valence-corrected chi connectivity index (χ0v) is 10.6. The van der Waals surface area contributed by atoms with Crippen molar-refractivity contribution >= 4 is 15.9 Å². The Morgan fingerprint density at radius 3 is 2.71 bits per heavy atom. The van der Waals surface area contributed by atoms with E-state index < -0.39 is 6.04 Å². The molecule has 0 bridgehead atoms. The van der Waals surface area contributed by atoms with Crippen LogP contribution in [0.15, 0.2) is 33.3 Å². The van der Waals surface area contributed by atoms with Crippen molar-refractivity contribution in [3.8, 4) is 11.4 Å². The summed E-state index contributed by atoms with van der Waals surface area (Å²) in [5.41, 5.74) is 6.62. The molecule has 0 saturated carbocycles. The van der Waals surface area contributed by atoms with Crippen LogP contribution in [-0.4, -0.2) is 21.9 Å². The molecule has 6 heteroatoms. The molecule has 2 rings (SSSR count). The van der Waals surface area contributed by atoms with Crippen LogP contribution >= 0.6 is 15.9 Å². The van der Waals surface area contributed by atoms with E-state index in [9.17, 15) is 0 Å². The van der Waals surface area contributed by atoms with Crippen LogP contribution in [0.25, 0.3) is 11.4 Å². The Kier molecular flexibility index (Phi) is 3.88. The van der Waals surface area contributed by atoms with Gasteiger partial charge in [-0.2, -0.15) is 4.98 Å². The number of nitrogens with zero attached hydrogens (tertiary/aromatic N) is 2. The average molecular weight is 298 g/mol. The lowest BCUT2D eigenvalue weighted by atomic mass is 10.2. The SMILES string of the molecule is NC(CCO)c1nc(-c2ccc(Br)cc2)no1. The zero-order valence-electron chi connectivity index (χ0n) is 9.01. The molecule has 0 amide bonds. The van der Waals surface area contributed by atoms with E-state index in [1.807, 2.05) is 24.3 Å². The van der Waals surface area contributed by atoms with Crippen LogP contribution in [0.4, 0.5) is 0 Å². The molecule has 0 aliphatic carbocycles. The Morgan fingerprint density at radius 2 is 2.06 bits per heavy atom. The lowest BCUT2D eigenvalue weighted by Crippen LogP contribution is -2.12. The van der Waals surface area contributed by atoms with Gasteiger partial charge in [-0.3, -0.25) is 0 Å². The van der Waals surface area contributed by atoms with E-state index in [-0.39, 0.29) is 6.61 Å². The van der Waals surface area contributed by atoms with Crippen molar-refractivity contribution < 1.29 is 9.63 Å². The summed E-state index contributed by atoms with van der Waals surface area (Å²) in [6.07, 6.45) is 0.405. The molecule has 0 saturated heterocycles. The van der Waals surface area contributed by atoms with Gasteiger partial charge >= 0.3 is 0 Å². The Bertz CT molecular complexity index is 484. The minimum Gasteiger partial charge on any atom is -0.396 e. The molecule has 0 spiro atoms. The van der Waals surface area contributed by atoms with Crippen LogP contribution < -0.4 is 5.73 Å². The van der Waals surface area contributed by atoms with Crippen molar-refractivity contribution in [3.05, 3.63) is 34.6 Å². The van der Waals surface area contributed by atoms with Crippen molar-refractivity contribution in [1.82, 2.24) is 10.1 Å². The second-order valence-electron chi connectivity index (χ2n) is 3.58. The Hall–Kier alpha value is -1.24. The molecule has 3 N–H and O–H groups in total. The number of aliphatic hydroxyl groups excluding tert-OH is 1. The van der Waals surface area contributed by atoms with Gasteiger partial charge in [-0.15, -0.1) is 0 Å². The fourth-order valence-corrected chi connectivity index (χ4v) is 1.63. The maximum atomic E-state index is 8.78. The fraction of sp³-hybridized carbons (Fsp3) is 0.273. The smallest absolute Gasteiger partial charge is 0.243 e. The van der Waals surface area contributed by atoms with Gasteiger partial charge in [0.15, 0.2) is 0 Å². The van der Waals surface area contributed by atoms with E-state index >= 15 is 0 Å². The summed E-state index contributed by atoms with van der Waals surface area (Å²) in [6, 6.07) is 7.15. The van der Waals surface area contributed by atoms with Gasteiger partial charge in [0, 0.05) is 16.6 Å². The summed E-state index contributed by atoms with van der Waals surface area (Å²) in [5, 5.41) is 12.6. The molecule has 5 nitrogen and oxygen atoms in total. The number of hydrogen-bond acceptors (Lipinski definition) is 5. The summed E-state index contributed by atoms with van der Waals surface area (Å²) in [7, 11) is 0. The summed E-state index contributed by atoms with van der Waals surface area (Å²) < 4.78 is 6.04. The average Bonchev–Trinajstić information content (AvgIpc) is 2.80. The highest BCUT2D eigenvalue weighted by Gasteiger charge is 2.14. The molecule has 0 aliphatic rings. The van der Waals surface area contributed by atoms with Crippen LogP contribution in [-0.2, 0) is 0 Å². The van der Waals surface area contributed by atoms with Crippen molar-refractivity contribution in [2.45, 2.75) is 12.5 Å². The second kappa shape index (κ2) is 5.39. The molecule has 90 valence electrons. The Balaban J connectivity index is 2.20. The third kappa shape index (κ3) is 2.91. The highest BCUT2D eigenvalue weighted by molar-refractivity contribution is 9.10. The van der Waals surface area contributed by atoms with Gasteiger partial charge in [0.05, 0.1) is 6.04 Å². The molecule has 17 heavy (non-hydrogen) atoms. The number of halogens is 1. The van der Waals surface area contributed by atoms with Crippen LogP contribution in [0.3, 0.4) is 0 Å². The molecular weight excluding hydrogens is 286 g/mol. The number of aliphatic hydroxyl groups is 1. The molecule has 0 aliphatic heterocycles. The third-order valence-electron chi connectivity index (χ3n) is 2.30. The van der Waals surface area contributed by atoms with E-state index in [0.717, 1.165) is 10.0 Å². The molecule has 1 atom stereocenters. The maximum absolute atomic E-state index is 8.78. The lowest BCUT2D eigenvalue weighted by Gasteiger charge is -2.01. The number of benzene rings is 1. The van der Waals surface area contributed by atoms with Crippen LogP contribution in [0.2, 0.25) is 0 Å². The van der Waals surface area contributed by atoms with Gasteiger partial charge in [-0.1, -0.05) is 21.1 Å². The Labute approximate surface area is 107 Å². The van der Waals surface area contributed by atoms with Gasteiger partial charge < -0.3 is 15.4 Å². The van der Waals surface area contributed by atoms with E-state index in [1.54, 1.807) is 0 Å². The zero-order chi connectivity index (χ0) is 12.3. The maximum Gasteiger partial charge on any atom is 0.243 e. The van der Waals surface area contributed by atoms with Gasteiger partial charge in [0.1, 0.15) is 0 Å². The lowest BCUT2D eigenvalue weighted by molar-refractivity contribution is 0.259. The summed E-state index contributed by atoms with van der Waals surface area (Å²) >= 11 is 3.35. The molecule has 0 fully saturated rings. The summed E-state index contributed by atoms with van der Waals surface area (Å²) in [5.74, 6) is 0.845. The standard InChI is InChI=1S/C11H12BrN3O2/c12-8-3-1-7(2-4-8)10-14-11(17-15-10)9(13)5-6-16/h1-4,9,16H,5-6,13H2. The minimum absolute atomic E-state index is 0.00281. The first-order valence-electron chi connectivity index (χ1n) is 5.16. The first-order valence-corrected chi connectivity index (χ1v) is 5.96. The van der Waals surface area contributed by atoms with E-state index in [4.69, 9.17) is 15.4 Å². The van der Waals surface area contributed by atoms with Gasteiger partial charge in [0.25, 0.3) is 0 Å². The largest absolute Gasteiger partial charge is 0.396 e. The third-order valence-corrected chi connectivity index (χ3v) is 2.83. The molecule has 1 aromatic carbocycles. The first kappa shape index (κ1) is 12.2. The van der Waals surface area contributed by atoms with Gasteiger partial charge in [-0.05, 0) is 30.7 Å². The quantitative estimate of drug-likeness (QED) is 0.900. The number of rotatable bonds is 4. The van der Waals surface area contributed by atoms with Crippen LogP contribution in [0, 0.1) is 0 Å². The summed E-state index contributed by atoms with van der Waals surface area (Å²) in [4.78, 5) is 4.20. The first-order chi connectivity index (χ1) is 8.20. The van der Waals surface area contributed by atoms with Crippen molar-refractivity contribution in [3.63, 3.8) is 0 Å². The second-order valence-corrected chi connectivity index (χ2v) is 4.50.